The Morgan fingerprint density at radius 3 is 2.31 bits per heavy atom. The second-order valence-corrected chi connectivity index (χ2v) is 5.09. The number of hydrogen-bond acceptors (Lipinski definition) is 3. The number of ketones is 1. The van der Waals surface area contributed by atoms with E-state index in [4.69, 9.17) is 0 Å². The van der Waals surface area contributed by atoms with Gasteiger partial charge in [-0.1, -0.05) is 17.7 Å². The predicted octanol–water partition coefficient (Wildman–Crippen LogP) is 1.38. The molecule has 0 atom stereocenters. The normalized spacial score (nSPS) is 11.6. The van der Waals surface area contributed by atoms with Gasteiger partial charge in [-0.25, -0.2) is 8.42 Å². The maximum atomic E-state index is 11.7. The zero-order valence-corrected chi connectivity index (χ0v) is 9.91. The van der Waals surface area contributed by atoms with Crippen LogP contribution in [0.25, 0.3) is 0 Å². The average Bonchev–Trinajstić information content (AvgIpc) is 2.17. The Balaban J connectivity index is 2.86. The molecule has 0 aliphatic rings. The monoisotopic (exact) mass is 239 g/mol. The van der Waals surface area contributed by atoms with Crippen LogP contribution in [-0.4, -0.2) is 14.2 Å². The van der Waals surface area contributed by atoms with E-state index < -0.39 is 10.0 Å². The number of carbonyl (C=O) groups is 1. The SMILES string of the molecule is CC(=O)/C=C/NS(=O)(=O)c1ccc(C)cc1. The Morgan fingerprint density at radius 1 is 1.25 bits per heavy atom. The highest BCUT2D eigenvalue weighted by molar-refractivity contribution is 7.89. The van der Waals surface area contributed by atoms with Gasteiger partial charge in [-0.05, 0) is 32.1 Å². The molecule has 0 radical (unpaired) electrons. The molecule has 1 aromatic rings. The van der Waals surface area contributed by atoms with Crippen LogP contribution in [0.15, 0.2) is 41.4 Å². The molecule has 4 nitrogen and oxygen atoms in total. The van der Waals surface area contributed by atoms with Crippen LogP contribution in [0.5, 0.6) is 0 Å². The predicted molar refractivity (Wildman–Crippen MR) is 61.3 cm³/mol. The number of nitrogens with one attached hydrogen (secondary N) is 1. The summed E-state index contributed by atoms with van der Waals surface area (Å²) in [6.45, 7) is 3.22. The van der Waals surface area contributed by atoms with Crippen LogP contribution in [0, 0.1) is 6.92 Å². The Hall–Kier alpha value is -1.62. The number of aryl methyl sites for hydroxylation is 1. The molecule has 1 N–H and O–H groups in total. The number of hydrogen-bond donors (Lipinski definition) is 1. The van der Waals surface area contributed by atoms with Crippen molar-refractivity contribution >= 4 is 15.8 Å². The van der Waals surface area contributed by atoms with Gasteiger partial charge < -0.3 is 0 Å². The Labute approximate surface area is 95.0 Å². The fourth-order valence-electron chi connectivity index (χ4n) is 1.03. The van der Waals surface area contributed by atoms with Crippen molar-refractivity contribution in [1.82, 2.24) is 4.72 Å². The molecule has 1 rings (SSSR count). The van der Waals surface area contributed by atoms with E-state index in [9.17, 15) is 13.2 Å². The largest absolute Gasteiger partial charge is 0.295 e. The molecule has 0 bridgehead atoms. The molecule has 0 aliphatic carbocycles. The summed E-state index contributed by atoms with van der Waals surface area (Å²) in [5.41, 5.74) is 0.984. The third kappa shape index (κ3) is 3.51. The van der Waals surface area contributed by atoms with Gasteiger partial charge >= 0.3 is 0 Å². The lowest BCUT2D eigenvalue weighted by Gasteiger charge is -2.03. The van der Waals surface area contributed by atoms with Gasteiger partial charge in [-0.15, -0.1) is 0 Å². The fourth-order valence-corrected chi connectivity index (χ4v) is 1.90. The van der Waals surface area contributed by atoms with Crippen LogP contribution in [0.2, 0.25) is 0 Å². The molecule has 0 fully saturated rings. The molecule has 0 aliphatic heterocycles. The summed E-state index contributed by atoms with van der Waals surface area (Å²) in [4.78, 5) is 10.8. The third-order valence-corrected chi connectivity index (χ3v) is 3.21. The van der Waals surface area contributed by atoms with E-state index >= 15 is 0 Å². The summed E-state index contributed by atoms with van der Waals surface area (Å²) in [6, 6.07) is 6.45. The number of benzene rings is 1. The van der Waals surface area contributed by atoms with Gasteiger partial charge in [0.25, 0.3) is 10.0 Å². The third-order valence-electron chi connectivity index (χ3n) is 1.87. The van der Waals surface area contributed by atoms with Gasteiger partial charge in [0.05, 0.1) is 4.90 Å². The number of carbonyl (C=O) groups excluding carboxylic acids is 1. The lowest BCUT2D eigenvalue weighted by molar-refractivity contribution is -0.112. The quantitative estimate of drug-likeness (QED) is 0.807. The zero-order valence-electron chi connectivity index (χ0n) is 9.10. The molecule has 0 unspecified atom stereocenters. The first-order valence-corrected chi connectivity index (χ1v) is 6.16. The highest BCUT2D eigenvalue weighted by atomic mass is 32.2. The van der Waals surface area contributed by atoms with E-state index in [2.05, 4.69) is 4.72 Å². The van der Waals surface area contributed by atoms with E-state index in [0.717, 1.165) is 17.8 Å². The molecule has 16 heavy (non-hydrogen) atoms. The van der Waals surface area contributed by atoms with Gasteiger partial charge in [-0.2, -0.15) is 0 Å². The average molecular weight is 239 g/mol. The van der Waals surface area contributed by atoms with Gasteiger partial charge in [0.15, 0.2) is 5.78 Å². The highest BCUT2D eigenvalue weighted by Gasteiger charge is 2.10. The van der Waals surface area contributed by atoms with E-state index in [1.54, 1.807) is 12.1 Å². The van der Waals surface area contributed by atoms with Crippen molar-refractivity contribution in [2.45, 2.75) is 18.7 Å². The molecule has 0 amide bonds. The first-order valence-electron chi connectivity index (χ1n) is 4.68. The Bertz CT molecular complexity index is 501. The Morgan fingerprint density at radius 2 is 1.81 bits per heavy atom. The van der Waals surface area contributed by atoms with Crippen molar-refractivity contribution in [3.8, 4) is 0 Å². The fraction of sp³-hybridized carbons (Fsp3) is 0.182. The minimum absolute atomic E-state index is 0.173. The van der Waals surface area contributed by atoms with Crippen molar-refractivity contribution < 1.29 is 13.2 Å². The van der Waals surface area contributed by atoms with Gasteiger partial charge in [-0.3, -0.25) is 9.52 Å². The zero-order chi connectivity index (χ0) is 12.2. The minimum atomic E-state index is -3.56. The van der Waals surface area contributed by atoms with E-state index in [0.29, 0.717) is 0 Å². The first kappa shape index (κ1) is 12.4. The lowest BCUT2D eigenvalue weighted by atomic mass is 10.2. The molecule has 1 aromatic carbocycles. The molecule has 0 spiro atoms. The van der Waals surface area contributed by atoms with Gasteiger partial charge in [0.2, 0.25) is 0 Å². The van der Waals surface area contributed by atoms with Crippen molar-refractivity contribution in [3.05, 3.63) is 42.1 Å². The van der Waals surface area contributed by atoms with Crippen LogP contribution >= 0.6 is 0 Å². The molecule has 5 heteroatoms. The molecular formula is C11H13NO3S. The molecule has 0 heterocycles. The van der Waals surface area contributed by atoms with Crippen LogP contribution in [0.1, 0.15) is 12.5 Å². The number of sulfonamides is 1. The number of allylic oxidation sites excluding steroid dienone is 1. The van der Waals surface area contributed by atoms with E-state index in [1.165, 1.54) is 19.1 Å². The maximum Gasteiger partial charge on any atom is 0.261 e. The molecule has 86 valence electrons. The number of rotatable bonds is 4. The van der Waals surface area contributed by atoms with E-state index in [1.807, 2.05) is 6.92 Å². The molecule has 0 saturated carbocycles. The first-order chi connectivity index (χ1) is 7.42. The van der Waals surface area contributed by atoms with Crippen LogP contribution in [-0.2, 0) is 14.8 Å². The van der Waals surface area contributed by atoms with E-state index in [-0.39, 0.29) is 10.7 Å². The van der Waals surface area contributed by atoms with Crippen molar-refractivity contribution in [1.29, 1.82) is 0 Å². The Kier molecular flexibility index (Phi) is 3.84. The van der Waals surface area contributed by atoms with Crippen LogP contribution < -0.4 is 4.72 Å². The summed E-state index contributed by atoms with van der Waals surface area (Å²) in [5, 5.41) is 0. The van der Waals surface area contributed by atoms with Crippen LogP contribution in [0.3, 0.4) is 0 Å². The second-order valence-electron chi connectivity index (χ2n) is 3.38. The summed E-state index contributed by atoms with van der Waals surface area (Å²) in [5.74, 6) is -0.216. The summed E-state index contributed by atoms with van der Waals surface area (Å²) < 4.78 is 25.5. The van der Waals surface area contributed by atoms with Crippen molar-refractivity contribution in [3.63, 3.8) is 0 Å². The van der Waals surface area contributed by atoms with Crippen LogP contribution in [0.4, 0.5) is 0 Å². The highest BCUT2D eigenvalue weighted by Crippen LogP contribution is 2.09. The second kappa shape index (κ2) is 4.94. The molecule has 0 aromatic heterocycles. The molecular weight excluding hydrogens is 226 g/mol. The summed E-state index contributed by atoms with van der Waals surface area (Å²) in [6.07, 6.45) is 2.28. The minimum Gasteiger partial charge on any atom is -0.295 e. The topological polar surface area (TPSA) is 63.2 Å². The van der Waals surface area contributed by atoms with Crippen molar-refractivity contribution in [2.75, 3.05) is 0 Å². The maximum absolute atomic E-state index is 11.7. The lowest BCUT2D eigenvalue weighted by Crippen LogP contribution is -2.18. The summed E-state index contributed by atoms with van der Waals surface area (Å²) >= 11 is 0. The summed E-state index contributed by atoms with van der Waals surface area (Å²) in [7, 11) is -3.56. The standard InChI is InChI=1S/C11H13NO3S/c1-9-3-5-11(6-4-9)16(14,15)12-8-7-10(2)13/h3-8,12H,1-2H3/b8-7+. The van der Waals surface area contributed by atoms with Crippen molar-refractivity contribution in [2.24, 2.45) is 0 Å². The van der Waals surface area contributed by atoms with Gasteiger partial charge in [0.1, 0.15) is 0 Å². The molecule has 0 saturated heterocycles. The smallest absolute Gasteiger partial charge is 0.261 e. The van der Waals surface area contributed by atoms with Gasteiger partial charge in [0, 0.05) is 6.20 Å².